The Balaban J connectivity index is 2.05. The highest BCUT2D eigenvalue weighted by molar-refractivity contribution is 5.34. The molecule has 0 aromatic heterocycles. The maximum Gasteiger partial charge on any atom is 0.0765 e. The fourth-order valence-electron chi connectivity index (χ4n) is 3.68. The summed E-state index contributed by atoms with van der Waals surface area (Å²) in [4.78, 5) is 0. The predicted molar refractivity (Wildman–Crippen MR) is 94.5 cm³/mol. The SMILES string of the molecule is CC1=C(/C=C/C2C=CC=C(C(O)CCN)C2)C(C)(C)CCC1. The molecule has 0 fully saturated rings. The third-order valence-electron chi connectivity index (χ3n) is 5.06. The van der Waals surface area contributed by atoms with Crippen LogP contribution in [0.1, 0.15) is 52.9 Å². The summed E-state index contributed by atoms with van der Waals surface area (Å²) in [6, 6.07) is 0. The van der Waals surface area contributed by atoms with Crippen LogP contribution in [0.5, 0.6) is 0 Å². The van der Waals surface area contributed by atoms with E-state index >= 15 is 0 Å². The highest BCUT2D eigenvalue weighted by atomic mass is 16.3. The molecular formula is C20H31NO. The highest BCUT2D eigenvalue weighted by Crippen LogP contribution is 2.41. The highest BCUT2D eigenvalue weighted by Gasteiger charge is 2.26. The molecule has 2 unspecified atom stereocenters. The molecule has 0 spiro atoms. The molecule has 2 aliphatic carbocycles. The molecule has 122 valence electrons. The van der Waals surface area contributed by atoms with Gasteiger partial charge in [0.1, 0.15) is 0 Å². The molecule has 0 radical (unpaired) electrons. The molecule has 2 nitrogen and oxygen atoms in total. The van der Waals surface area contributed by atoms with E-state index in [2.05, 4.69) is 45.1 Å². The van der Waals surface area contributed by atoms with Crippen LogP contribution in [-0.2, 0) is 0 Å². The molecule has 22 heavy (non-hydrogen) atoms. The summed E-state index contributed by atoms with van der Waals surface area (Å²) in [5.41, 5.74) is 9.98. The van der Waals surface area contributed by atoms with Gasteiger partial charge < -0.3 is 10.8 Å². The Morgan fingerprint density at radius 3 is 2.91 bits per heavy atom. The Hall–Kier alpha value is -1.12. The van der Waals surface area contributed by atoms with Crippen LogP contribution < -0.4 is 5.73 Å². The van der Waals surface area contributed by atoms with E-state index in [0.717, 1.165) is 12.0 Å². The zero-order chi connectivity index (χ0) is 16.2. The van der Waals surface area contributed by atoms with E-state index in [1.807, 2.05) is 6.08 Å². The fourth-order valence-corrected chi connectivity index (χ4v) is 3.68. The van der Waals surface area contributed by atoms with Crippen LogP contribution in [0.3, 0.4) is 0 Å². The summed E-state index contributed by atoms with van der Waals surface area (Å²) in [5.74, 6) is 0.380. The Morgan fingerprint density at radius 2 is 2.23 bits per heavy atom. The first-order valence-electron chi connectivity index (χ1n) is 8.58. The topological polar surface area (TPSA) is 46.2 Å². The van der Waals surface area contributed by atoms with Gasteiger partial charge in [-0.2, -0.15) is 0 Å². The van der Waals surface area contributed by atoms with Gasteiger partial charge in [0, 0.05) is 0 Å². The van der Waals surface area contributed by atoms with Crippen molar-refractivity contribution in [2.75, 3.05) is 6.54 Å². The van der Waals surface area contributed by atoms with Crippen LogP contribution in [0, 0.1) is 11.3 Å². The fraction of sp³-hybridized carbons (Fsp3) is 0.600. The first-order chi connectivity index (χ1) is 10.4. The monoisotopic (exact) mass is 301 g/mol. The molecule has 0 bridgehead atoms. The lowest BCUT2D eigenvalue weighted by molar-refractivity contribution is 0.197. The van der Waals surface area contributed by atoms with Gasteiger partial charge in [-0.25, -0.2) is 0 Å². The molecule has 0 heterocycles. The van der Waals surface area contributed by atoms with Gasteiger partial charge in [-0.3, -0.25) is 0 Å². The van der Waals surface area contributed by atoms with Gasteiger partial charge in [-0.05, 0) is 68.1 Å². The van der Waals surface area contributed by atoms with E-state index < -0.39 is 6.10 Å². The van der Waals surface area contributed by atoms with Crippen molar-refractivity contribution in [3.05, 3.63) is 47.1 Å². The number of aliphatic hydroxyl groups is 1. The van der Waals surface area contributed by atoms with Crippen LogP contribution in [0.25, 0.3) is 0 Å². The first-order valence-corrected chi connectivity index (χ1v) is 8.58. The third-order valence-corrected chi connectivity index (χ3v) is 5.06. The summed E-state index contributed by atoms with van der Waals surface area (Å²) in [7, 11) is 0. The molecule has 0 aromatic carbocycles. The lowest BCUT2D eigenvalue weighted by Crippen LogP contribution is -2.20. The van der Waals surface area contributed by atoms with Gasteiger partial charge in [0.15, 0.2) is 0 Å². The second kappa shape index (κ2) is 7.43. The maximum absolute atomic E-state index is 10.1. The Morgan fingerprint density at radius 1 is 1.45 bits per heavy atom. The molecule has 2 atom stereocenters. The average molecular weight is 301 g/mol. The van der Waals surface area contributed by atoms with Crippen LogP contribution in [-0.4, -0.2) is 17.8 Å². The minimum Gasteiger partial charge on any atom is -0.389 e. The van der Waals surface area contributed by atoms with Crippen molar-refractivity contribution in [2.45, 2.75) is 59.0 Å². The minimum absolute atomic E-state index is 0.287. The molecule has 0 amide bonds. The van der Waals surface area contributed by atoms with E-state index in [1.54, 1.807) is 0 Å². The van der Waals surface area contributed by atoms with Crippen molar-refractivity contribution in [1.29, 1.82) is 0 Å². The van der Waals surface area contributed by atoms with Gasteiger partial charge in [-0.1, -0.05) is 49.8 Å². The number of hydrogen-bond donors (Lipinski definition) is 2. The molecule has 0 aliphatic heterocycles. The van der Waals surface area contributed by atoms with Crippen molar-refractivity contribution in [2.24, 2.45) is 17.1 Å². The van der Waals surface area contributed by atoms with E-state index in [0.29, 0.717) is 18.9 Å². The summed E-state index contributed by atoms with van der Waals surface area (Å²) < 4.78 is 0. The summed E-state index contributed by atoms with van der Waals surface area (Å²) >= 11 is 0. The lowest BCUT2D eigenvalue weighted by Gasteiger charge is -2.33. The van der Waals surface area contributed by atoms with Crippen molar-refractivity contribution >= 4 is 0 Å². The molecule has 0 aromatic rings. The zero-order valence-corrected chi connectivity index (χ0v) is 14.3. The Kier molecular flexibility index (Phi) is 5.82. The molecule has 0 saturated carbocycles. The molecule has 2 heteroatoms. The second-order valence-electron chi connectivity index (χ2n) is 7.38. The maximum atomic E-state index is 10.1. The van der Waals surface area contributed by atoms with Gasteiger partial charge in [0.05, 0.1) is 6.10 Å². The number of nitrogens with two attached hydrogens (primary N) is 1. The van der Waals surface area contributed by atoms with E-state index in [1.165, 1.54) is 30.4 Å². The first kappa shape index (κ1) is 17.2. The molecule has 3 N–H and O–H groups in total. The van der Waals surface area contributed by atoms with Crippen LogP contribution in [0.15, 0.2) is 47.1 Å². The van der Waals surface area contributed by atoms with Crippen molar-refractivity contribution in [1.82, 2.24) is 0 Å². The third kappa shape index (κ3) is 4.21. The van der Waals surface area contributed by atoms with Crippen LogP contribution >= 0.6 is 0 Å². The van der Waals surface area contributed by atoms with E-state index in [-0.39, 0.29) is 5.41 Å². The summed E-state index contributed by atoms with van der Waals surface area (Å²) in [6.07, 6.45) is 15.9. The number of hydrogen-bond acceptors (Lipinski definition) is 2. The smallest absolute Gasteiger partial charge is 0.0765 e. The second-order valence-corrected chi connectivity index (χ2v) is 7.38. The molecular weight excluding hydrogens is 270 g/mol. The number of allylic oxidation sites excluding steroid dienone is 7. The predicted octanol–water partition coefficient (Wildman–Crippen LogP) is 4.28. The van der Waals surface area contributed by atoms with Gasteiger partial charge in [0.2, 0.25) is 0 Å². The Labute approximate surface area is 135 Å². The van der Waals surface area contributed by atoms with Crippen molar-refractivity contribution in [3.63, 3.8) is 0 Å². The average Bonchev–Trinajstić information content (AvgIpc) is 2.46. The largest absolute Gasteiger partial charge is 0.389 e. The zero-order valence-electron chi connectivity index (χ0n) is 14.3. The van der Waals surface area contributed by atoms with Crippen LogP contribution in [0.4, 0.5) is 0 Å². The number of rotatable bonds is 5. The summed E-state index contributed by atoms with van der Waals surface area (Å²) in [6.45, 7) is 7.50. The molecule has 0 saturated heterocycles. The normalized spacial score (nSPS) is 26.4. The molecule has 2 aliphatic rings. The quantitative estimate of drug-likeness (QED) is 0.796. The van der Waals surface area contributed by atoms with E-state index in [4.69, 9.17) is 5.73 Å². The van der Waals surface area contributed by atoms with Gasteiger partial charge in [0.25, 0.3) is 0 Å². The van der Waals surface area contributed by atoms with Crippen molar-refractivity contribution < 1.29 is 5.11 Å². The Bertz CT molecular complexity index is 508. The standard InChI is InChI=1S/C20H31NO/c1-15-6-5-12-20(2,3)18(15)10-9-16-7-4-8-17(14-16)19(22)11-13-21/h4,7-10,16,19,22H,5-6,11-14,21H2,1-3H3/b10-9+. The molecule has 2 rings (SSSR count). The van der Waals surface area contributed by atoms with Gasteiger partial charge >= 0.3 is 0 Å². The number of aliphatic hydroxyl groups excluding tert-OH is 1. The summed E-state index contributed by atoms with van der Waals surface area (Å²) in [5, 5.41) is 10.1. The lowest BCUT2D eigenvalue weighted by atomic mass is 9.72. The van der Waals surface area contributed by atoms with Crippen molar-refractivity contribution in [3.8, 4) is 0 Å². The van der Waals surface area contributed by atoms with Gasteiger partial charge in [-0.15, -0.1) is 0 Å². The van der Waals surface area contributed by atoms with E-state index in [9.17, 15) is 5.11 Å². The van der Waals surface area contributed by atoms with Crippen LogP contribution in [0.2, 0.25) is 0 Å². The minimum atomic E-state index is -0.391.